The van der Waals surface area contributed by atoms with Gasteiger partial charge >= 0.3 is 0 Å². The van der Waals surface area contributed by atoms with Crippen LogP contribution < -0.4 is 0 Å². The molecule has 0 fully saturated rings. The molecule has 14 heavy (non-hydrogen) atoms. The second-order valence-corrected chi connectivity index (χ2v) is 4.03. The van der Waals surface area contributed by atoms with E-state index < -0.39 is 0 Å². The molecule has 0 saturated heterocycles. The highest BCUT2D eigenvalue weighted by Gasteiger charge is 2.18. The van der Waals surface area contributed by atoms with E-state index in [4.69, 9.17) is 0 Å². The zero-order chi connectivity index (χ0) is 11.2. The van der Waals surface area contributed by atoms with Crippen LogP contribution in [0.5, 0.6) is 0 Å². The third-order valence-corrected chi connectivity index (χ3v) is 1.61. The minimum absolute atomic E-state index is 0.125. The molecule has 2 nitrogen and oxygen atoms in total. The molecule has 0 aliphatic heterocycles. The van der Waals surface area contributed by atoms with E-state index in [-0.39, 0.29) is 5.41 Å². The van der Waals surface area contributed by atoms with Gasteiger partial charge in [0.25, 0.3) is 0 Å². The van der Waals surface area contributed by atoms with E-state index in [1.54, 1.807) is 18.5 Å². The lowest BCUT2D eigenvalue weighted by Gasteiger charge is -2.16. The summed E-state index contributed by atoms with van der Waals surface area (Å²) in [6.07, 6.45) is 5.23. The summed E-state index contributed by atoms with van der Waals surface area (Å²) >= 11 is 0. The first kappa shape index (κ1) is 12.7. The number of imidazole rings is 1. The Balaban J connectivity index is 0.000000500. The van der Waals surface area contributed by atoms with E-state index in [1.807, 2.05) is 6.92 Å². The van der Waals surface area contributed by atoms with Gasteiger partial charge in [0.2, 0.25) is 0 Å². The SMILES string of the molecule is C=CC.C=Cc1nc[nH]c1C(C)(C)C. The van der Waals surface area contributed by atoms with Crippen LogP contribution in [0.1, 0.15) is 39.1 Å². The number of rotatable bonds is 1. The summed E-state index contributed by atoms with van der Waals surface area (Å²) in [5.74, 6) is 0. The van der Waals surface area contributed by atoms with Crippen molar-refractivity contribution >= 4 is 6.08 Å². The summed E-state index contributed by atoms with van der Waals surface area (Å²) in [6.45, 7) is 15.4. The summed E-state index contributed by atoms with van der Waals surface area (Å²) < 4.78 is 0. The van der Waals surface area contributed by atoms with Crippen LogP contribution in [0.3, 0.4) is 0 Å². The summed E-state index contributed by atoms with van der Waals surface area (Å²) in [6, 6.07) is 0. The van der Waals surface area contributed by atoms with Crippen LogP contribution in [0.25, 0.3) is 6.08 Å². The average Bonchev–Trinajstić information content (AvgIpc) is 2.51. The molecule has 1 aromatic heterocycles. The number of hydrogen-bond donors (Lipinski definition) is 1. The smallest absolute Gasteiger partial charge is 0.0929 e. The molecule has 1 N–H and O–H groups in total. The quantitative estimate of drug-likeness (QED) is 0.677. The van der Waals surface area contributed by atoms with Gasteiger partial charge in [0.05, 0.1) is 12.0 Å². The van der Waals surface area contributed by atoms with Crippen molar-refractivity contribution in [2.45, 2.75) is 33.1 Å². The van der Waals surface area contributed by atoms with E-state index in [1.165, 1.54) is 0 Å². The number of aromatic nitrogens is 2. The standard InChI is InChI=1S/C9H14N2.C3H6/c1-5-7-8(9(2,3)4)11-6-10-7;1-3-2/h5-6H,1H2,2-4H3,(H,10,11);3H,1H2,2H3. The van der Waals surface area contributed by atoms with Gasteiger partial charge in [-0.3, -0.25) is 0 Å². The summed E-state index contributed by atoms with van der Waals surface area (Å²) in [7, 11) is 0. The second kappa shape index (κ2) is 5.43. The predicted molar refractivity (Wildman–Crippen MR) is 63.2 cm³/mol. The molecule has 1 heterocycles. The zero-order valence-corrected chi connectivity index (χ0v) is 9.59. The Morgan fingerprint density at radius 1 is 1.36 bits per heavy atom. The molecule has 2 heteroatoms. The third kappa shape index (κ3) is 3.60. The van der Waals surface area contributed by atoms with Crippen molar-refractivity contribution in [3.63, 3.8) is 0 Å². The molecule has 0 unspecified atom stereocenters. The van der Waals surface area contributed by atoms with Crippen LogP contribution in [0, 0.1) is 0 Å². The zero-order valence-electron chi connectivity index (χ0n) is 9.59. The fraction of sp³-hybridized carbons (Fsp3) is 0.417. The monoisotopic (exact) mass is 192 g/mol. The normalized spacial score (nSPS) is 10.0. The fourth-order valence-electron chi connectivity index (χ4n) is 1.06. The van der Waals surface area contributed by atoms with Gasteiger partial charge in [-0.2, -0.15) is 0 Å². The Bertz CT molecular complexity index is 290. The number of nitrogens with zero attached hydrogens (tertiary/aromatic N) is 1. The number of allylic oxidation sites excluding steroid dienone is 1. The van der Waals surface area contributed by atoms with Crippen LogP contribution in [-0.2, 0) is 5.41 Å². The maximum atomic E-state index is 4.13. The van der Waals surface area contributed by atoms with Gasteiger partial charge < -0.3 is 4.98 Å². The Labute approximate surface area is 86.8 Å². The molecule has 0 aromatic carbocycles. The van der Waals surface area contributed by atoms with Gasteiger partial charge in [0, 0.05) is 11.1 Å². The molecular weight excluding hydrogens is 172 g/mol. The molecule has 78 valence electrons. The van der Waals surface area contributed by atoms with Crippen LogP contribution in [0.4, 0.5) is 0 Å². The molecule has 0 radical (unpaired) electrons. The molecule has 0 atom stereocenters. The number of aromatic amines is 1. The van der Waals surface area contributed by atoms with Crippen molar-refractivity contribution < 1.29 is 0 Å². The van der Waals surface area contributed by atoms with Gasteiger partial charge in [-0.25, -0.2) is 4.98 Å². The van der Waals surface area contributed by atoms with Crippen molar-refractivity contribution in [2.24, 2.45) is 0 Å². The molecule has 0 aliphatic carbocycles. The number of hydrogen-bond acceptors (Lipinski definition) is 1. The van der Waals surface area contributed by atoms with E-state index in [0.717, 1.165) is 11.4 Å². The Morgan fingerprint density at radius 2 is 1.86 bits per heavy atom. The highest BCUT2D eigenvalue weighted by molar-refractivity contribution is 5.46. The molecule has 0 bridgehead atoms. The molecule has 0 spiro atoms. The molecule has 0 amide bonds. The topological polar surface area (TPSA) is 28.7 Å². The first-order valence-corrected chi connectivity index (χ1v) is 4.70. The van der Waals surface area contributed by atoms with Crippen molar-refractivity contribution in [3.8, 4) is 0 Å². The molecule has 1 aromatic rings. The van der Waals surface area contributed by atoms with Crippen molar-refractivity contribution in [3.05, 3.63) is 36.9 Å². The van der Waals surface area contributed by atoms with Crippen LogP contribution in [-0.4, -0.2) is 9.97 Å². The maximum Gasteiger partial charge on any atom is 0.0929 e. The molecule has 0 aliphatic rings. The van der Waals surface area contributed by atoms with Gasteiger partial charge in [-0.05, 0) is 13.0 Å². The highest BCUT2D eigenvalue weighted by Crippen LogP contribution is 2.22. The van der Waals surface area contributed by atoms with Crippen molar-refractivity contribution in [2.75, 3.05) is 0 Å². The lowest BCUT2D eigenvalue weighted by Crippen LogP contribution is -2.13. The average molecular weight is 192 g/mol. The first-order valence-electron chi connectivity index (χ1n) is 4.70. The second-order valence-electron chi connectivity index (χ2n) is 4.03. The lowest BCUT2D eigenvalue weighted by atomic mass is 9.91. The minimum atomic E-state index is 0.125. The largest absolute Gasteiger partial charge is 0.348 e. The minimum Gasteiger partial charge on any atom is -0.348 e. The van der Waals surface area contributed by atoms with Crippen LogP contribution >= 0.6 is 0 Å². The predicted octanol–water partition coefficient (Wildman–Crippen LogP) is 3.54. The van der Waals surface area contributed by atoms with Gasteiger partial charge in [0.1, 0.15) is 0 Å². The van der Waals surface area contributed by atoms with Crippen molar-refractivity contribution in [1.82, 2.24) is 9.97 Å². The van der Waals surface area contributed by atoms with Crippen molar-refractivity contribution in [1.29, 1.82) is 0 Å². The number of nitrogens with one attached hydrogen (secondary N) is 1. The van der Waals surface area contributed by atoms with E-state index in [0.29, 0.717) is 0 Å². The van der Waals surface area contributed by atoms with E-state index >= 15 is 0 Å². The first-order chi connectivity index (χ1) is 6.47. The third-order valence-electron chi connectivity index (χ3n) is 1.61. The molecule has 1 rings (SSSR count). The van der Waals surface area contributed by atoms with Gasteiger partial charge in [-0.15, -0.1) is 6.58 Å². The Hall–Kier alpha value is -1.31. The van der Waals surface area contributed by atoms with Crippen LogP contribution in [0.15, 0.2) is 25.6 Å². The summed E-state index contributed by atoms with van der Waals surface area (Å²) in [5, 5.41) is 0. The van der Waals surface area contributed by atoms with Crippen LogP contribution in [0.2, 0.25) is 0 Å². The Morgan fingerprint density at radius 3 is 2.14 bits per heavy atom. The Kier molecular flexibility index (Phi) is 4.92. The maximum absolute atomic E-state index is 4.13. The van der Waals surface area contributed by atoms with Gasteiger partial charge in [0.15, 0.2) is 0 Å². The van der Waals surface area contributed by atoms with E-state index in [9.17, 15) is 0 Å². The van der Waals surface area contributed by atoms with E-state index in [2.05, 4.69) is 43.9 Å². The van der Waals surface area contributed by atoms with Gasteiger partial charge in [-0.1, -0.05) is 33.4 Å². The fourth-order valence-corrected chi connectivity index (χ4v) is 1.06. The molecular formula is C12H20N2. The highest BCUT2D eigenvalue weighted by atomic mass is 14.9. The summed E-state index contributed by atoms with van der Waals surface area (Å²) in [5.41, 5.74) is 2.23. The number of H-pyrrole nitrogens is 1. The summed E-state index contributed by atoms with van der Waals surface area (Å²) in [4.78, 5) is 7.24. The molecule has 0 saturated carbocycles. The lowest BCUT2D eigenvalue weighted by molar-refractivity contribution is 0.571.